The number of benzene rings is 1. The van der Waals surface area contributed by atoms with Gasteiger partial charge in [0.05, 0.1) is 5.69 Å². The van der Waals surface area contributed by atoms with Gasteiger partial charge in [0.1, 0.15) is 0 Å². The van der Waals surface area contributed by atoms with Crippen LogP contribution in [0.2, 0.25) is 0 Å². The van der Waals surface area contributed by atoms with E-state index in [1.54, 1.807) is 19.1 Å². The van der Waals surface area contributed by atoms with Gasteiger partial charge in [0.2, 0.25) is 0 Å². The van der Waals surface area contributed by atoms with Crippen LogP contribution in [0.5, 0.6) is 0 Å². The third-order valence-corrected chi connectivity index (χ3v) is 2.27. The van der Waals surface area contributed by atoms with Crippen molar-refractivity contribution in [2.24, 2.45) is 10.3 Å². The molecule has 0 amide bonds. The van der Waals surface area contributed by atoms with Crippen molar-refractivity contribution in [1.29, 1.82) is 0 Å². The smallest absolute Gasteiger partial charge is 0.159 e. The summed E-state index contributed by atoms with van der Waals surface area (Å²) in [5, 5.41) is 10.0. The van der Waals surface area contributed by atoms with Gasteiger partial charge in [-0.25, -0.2) is 0 Å². The Balaban J connectivity index is 2.81. The lowest BCUT2D eigenvalue weighted by atomic mass is 10.1. The summed E-state index contributed by atoms with van der Waals surface area (Å²) in [4.78, 5) is 11.2. The van der Waals surface area contributed by atoms with Crippen LogP contribution in [0.4, 0.5) is 5.69 Å². The van der Waals surface area contributed by atoms with Crippen molar-refractivity contribution in [3.63, 3.8) is 0 Å². The van der Waals surface area contributed by atoms with E-state index < -0.39 is 0 Å². The van der Waals surface area contributed by atoms with Gasteiger partial charge in [0, 0.05) is 18.7 Å². The molecule has 0 aliphatic heterocycles. The first-order chi connectivity index (χ1) is 7.67. The van der Waals surface area contributed by atoms with Crippen molar-refractivity contribution in [2.75, 3.05) is 13.1 Å². The Morgan fingerprint density at radius 2 is 2.00 bits per heavy atom. The Bertz CT molecular complexity index is 384. The lowest BCUT2D eigenvalue weighted by molar-refractivity contribution is 0.101. The van der Waals surface area contributed by atoms with Crippen LogP contribution in [0.25, 0.3) is 0 Å². The van der Waals surface area contributed by atoms with Crippen LogP contribution in [0.1, 0.15) is 31.1 Å². The Morgan fingerprint density at radius 1 is 1.31 bits per heavy atom. The van der Waals surface area contributed by atoms with Crippen LogP contribution in [0, 0.1) is 0 Å². The van der Waals surface area contributed by atoms with E-state index in [9.17, 15) is 4.79 Å². The molecule has 1 aromatic rings. The number of rotatable bonds is 5. The molecule has 1 aromatic carbocycles. The van der Waals surface area contributed by atoms with Gasteiger partial charge in [-0.15, -0.1) is 5.11 Å². The van der Waals surface area contributed by atoms with E-state index in [2.05, 4.69) is 10.3 Å². The Kier molecular flexibility index (Phi) is 4.64. The van der Waals surface area contributed by atoms with Gasteiger partial charge >= 0.3 is 0 Å². The van der Waals surface area contributed by atoms with Crippen LogP contribution >= 0.6 is 0 Å². The zero-order valence-corrected chi connectivity index (χ0v) is 9.97. The number of Topliss-reactive ketones (excluding diaryl/α,β-unsaturated/α-hetero) is 1. The molecule has 0 bridgehead atoms. The maximum Gasteiger partial charge on any atom is 0.159 e. The molecule has 0 N–H and O–H groups in total. The topological polar surface area (TPSA) is 45.0 Å². The zero-order chi connectivity index (χ0) is 12.0. The number of carbonyl (C=O) groups is 1. The third-order valence-electron chi connectivity index (χ3n) is 2.27. The van der Waals surface area contributed by atoms with Crippen molar-refractivity contribution < 1.29 is 4.79 Å². The quantitative estimate of drug-likeness (QED) is 0.433. The normalized spacial score (nSPS) is 10.7. The van der Waals surface area contributed by atoms with E-state index in [-0.39, 0.29) is 5.78 Å². The van der Waals surface area contributed by atoms with Crippen molar-refractivity contribution in [1.82, 2.24) is 5.01 Å². The summed E-state index contributed by atoms with van der Waals surface area (Å²) in [5.74, 6) is 0.0416. The molecule has 0 atom stereocenters. The molecule has 0 fully saturated rings. The molecule has 0 aliphatic rings. The molecule has 4 nitrogen and oxygen atoms in total. The maximum absolute atomic E-state index is 11.2. The molecule has 0 saturated heterocycles. The van der Waals surface area contributed by atoms with Gasteiger partial charge in [-0.1, -0.05) is 17.4 Å². The minimum absolute atomic E-state index is 0.0416. The highest BCUT2D eigenvalue weighted by molar-refractivity contribution is 5.94. The number of hydrogen-bond acceptors (Lipinski definition) is 3. The first-order valence-electron chi connectivity index (χ1n) is 5.45. The minimum atomic E-state index is 0.0416. The van der Waals surface area contributed by atoms with E-state index in [0.29, 0.717) is 11.3 Å². The first-order valence-corrected chi connectivity index (χ1v) is 5.45. The van der Waals surface area contributed by atoms with E-state index in [1.165, 1.54) is 0 Å². The van der Waals surface area contributed by atoms with Crippen LogP contribution in [-0.4, -0.2) is 23.9 Å². The highest BCUT2D eigenvalue weighted by atomic mass is 16.1. The van der Waals surface area contributed by atoms with Crippen LogP contribution in [-0.2, 0) is 0 Å². The summed E-state index contributed by atoms with van der Waals surface area (Å²) >= 11 is 0. The second kappa shape index (κ2) is 6.00. The predicted molar refractivity (Wildman–Crippen MR) is 63.9 cm³/mol. The van der Waals surface area contributed by atoms with Crippen LogP contribution in [0.15, 0.2) is 34.6 Å². The molecule has 16 heavy (non-hydrogen) atoms. The largest absolute Gasteiger partial charge is 0.295 e. The fraction of sp³-hybridized carbons (Fsp3) is 0.417. The fourth-order valence-corrected chi connectivity index (χ4v) is 1.25. The molecule has 86 valence electrons. The van der Waals surface area contributed by atoms with Gasteiger partial charge in [0.15, 0.2) is 5.78 Å². The molecule has 1 rings (SSSR count). The second-order valence-corrected chi connectivity index (χ2v) is 3.43. The standard InChI is InChI=1S/C12H17N3O/c1-4-15(5-2)14-13-12-8-6-7-11(9-12)10(3)16/h6-9H,4-5H2,1-3H3. The predicted octanol–water partition coefficient (Wildman–Crippen LogP) is 3.23. The number of hydrogen-bond donors (Lipinski definition) is 0. The van der Waals surface area contributed by atoms with Gasteiger partial charge < -0.3 is 0 Å². The van der Waals surface area contributed by atoms with E-state index in [4.69, 9.17) is 0 Å². The Hall–Kier alpha value is -1.71. The molecule has 0 aromatic heterocycles. The Labute approximate surface area is 96.0 Å². The molecular weight excluding hydrogens is 202 g/mol. The van der Waals surface area contributed by atoms with Crippen molar-refractivity contribution in [3.8, 4) is 0 Å². The summed E-state index contributed by atoms with van der Waals surface area (Å²) in [6.07, 6.45) is 0. The number of carbonyl (C=O) groups excluding carboxylic acids is 1. The molecule has 0 spiro atoms. The highest BCUT2D eigenvalue weighted by Crippen LogP contribution is 2.15. The highest BCUT2D eigenvalue weighted by Gasteiger charge is 1.99. The summed E-state index contributed by atoms with van der Waals surface area (Å²) < 4.78 is 0. The molecule has 0 radical (unpaired) electrons. The summed E-state index contributed by atoms with van der Waals surface area (Å²) in [5.41, 5.74) is 1.37. The van der Waals surface area contributed by atoms with Crippen LogP contribution < -0.4 is 0 Å². The minimum Gasteiger partial charge on any atom is -0.295 e. The first kappa shape index (κ1) is 12.4. The zero-order valence-electron chi connectivity index (χ0n) is 9.97. The second-order valence-electron chi connectivity index (χ2n) is 3.43. The van der Waals surface area contributed by atoms with Gasteiger partial charge in [0.25, 0.3) is 0 Å². The number of ketones is 1. The summed E-state index contributed by atoms with van der Waals surface area (Å²) in [7, 11) is 0. The van der Waals surface area contributed by atoms with Gasteiger partial charge in [-0.2, -0.15) is 0 Å². The molecule has 4 heteroatoms. The van der Waals surface area contributed by atoms with Crippen LogP contribution in [0.3, 0.4) is 0 Å². The van der Waals surface area contributed by atoms with Gasteiger partial charge in [-0.05, 0) is 32.9 Å². The Morgan fingerprint density at radius 3 is 2.56 bits per heavy atom. The van der Waals surface area contributed by atoms with Crippen molar-refractivity contribution in [2.45, 2.75) is 20.8 Å². The molecule has 0 saturated carbocycles. The van der Waals surface area contributed by atoms with Crippen molar-refractivity contribution in [3.05, 3.63) is 29.8 Å². The van der Waals surface area contributed by atoms with Gasteiger partial charge in [-0.3, -0.25) is 9.80 Å². The molecule has 0 aliphatic carbocycles. The van der Waals surface area contributed by atoms with E-state index in [0.717, 1.165) is 13.1 Å². The number of nitrogens with zero attached hydrogens (tertiary/aromatic N) is 3. The SMILES string of the molecule is CCN(CC)N=Nc1cccc(C(C)=O)c1. The average molecular weight is 219 g/mol. The third kappa shape index (κ3) is 3.46. The lowest BCUT2D eigenvalue weighted by Gasteiger charge is -2.11. The monoisotopic (exact) mass is 219 g/mol. The fourth-order valence-electron chi connectivity index (χ4n) is 1.25. The molecule has 0 heterocycles. The van der Waals surface area contributed by atoms with Crippen molar-refractivity contribution >= 4 is 11.5 Å². The summed E-state index contributed by atoms with van der Waals surface area (Å²) in [6, 6.07) is 7.17. The van der Waals surface area contributed by atoms with E-state index >= 15 is 0 Å². The maximum atomic E-state index is 11.2. The summed E-state index contributed by atoms with van der Waals surface area (Å²) in [6.45, 7) is 7.24. The average Bonchev–Trinajstić information content (AvgIpc) is 2.31. The molecule has 0 unspecified atom stereocenters. The van der Waals surface area contributed by atoms with E-state index in [1.807, 2.05) is 31.0 Å². The lowest BCUT2D eigenvalue weighted by Crippen LogP contribution is -2.14. The molecular formula is C12H17N3O.